The monoisotopic (exact) mass is 303 g/mol. The highest BCUT2D eigenvalue weighted by molar-refractivity contribution is 6.40. The normalized spacial score (nSPS) is 6.28. The van der Waals surface area contributed by atoms with Crippen LogP contribution in [-0.2, 0) is 9.59 Å². The number of ketones is 1. The van der Waals surface area contributed by atoms with Gasteiger partial charge in [0.25, 0.3) is 5.97 Å². The number of carboxylic acid groups (broad SMARTS) is 1. The highest BCUT2D eigenvalue weighted by atomic mass is 35.5. The van der Waals surface area contributed by atoms with E-state index < -0.39 is 5.97 Å². The van der Waals surface area contributed by atoms with Gasteiger partial charge in [0.05, 0.1) is 11.4 Å². The number of alkyl halides is 2. The number of nitrogens with zero attached hydrogens (tertiary/aromatic N) is 1. The second-order valence-corrected chi connectivity index (χ2v) is 3.65. The molecule has 0 spiro atoms. The predicted molar refractivity (Wildman–Crippen MR) is 74.9 cm³/mol. The van der Waals surface area contributed by atoms with Crippen LogP contribution in [0.3, 0.4) is 0 Å². The molecule has 0 aliphatic heterocycles. The number of carbonyl (C=O) groups excluding carboxylic acids is 1. The molecule has 5 nitrogen and oxygen atoms in total. The van der Waals surface area contributed by atoms with Crippen LogP contribution in [0.5, 0.6) is 0 Å². The predicted octanol–water partition coefficient (Wildman–Crippen LogP) is 3.02. The minimum atomic E-state index is -0.833. The Morgan fingerprint density at radius 1 is 1.22 bits per heavy atom. The van der Waals surface area contributed by atoms with E-state index >= 15 is 0 Å². The van der Waals surface area contributed by atoms with Crippen molar-refractivity contribution in [2.75, 3.05) is 5.34 Å². The minimum absolute atomic E-state index is 0.167. The van der Waals surface area contributed by atoms with Crippen molar-refractivity contribution in [2.24, 2.45) is 0 Å². The number of Topliss-reactive ketones (excluding diaryl/α,β-unsaturated/α-hetero) is 1. The second-order valence-electron chi connectivity index (χ2n) is 2.85. The summed E-state index contributed by atoms with van der Waals surface area (Å²) in [5, 5.41) is 23.0. The van der Waals surface area contributed by atoms with Crippen molar-refractivity contribution < 1.29 is 19.8 Å². The number of halogens is 2. The third-order valence-electron chi connectivity index (χ3n) is 0. The fourth-order valence-electron chi connectivity index (χ4n) is 0. The molecular weight excluding hydrogens is 281 g/mol. The lowest BCUT2D eigenvalue weighted by Crippen LogP contribution is -1.85. The molecule has 0 radical (unpaired) electrons. The molecule has 7 heteroatoms. The molecular formula is C11H23Cl2NO4. The first-order valence-corrected chi connectivity index (χ1v) is 5.87. The van der Waals surface area contributed by atoms with Gasteiger partial charge in [0.15, 0.2) is 0 Å². The number of aliphatic carboxylic acids is 1. The van der Waals surface area contributed by atoms with Gasteiger partial charge in [-0.25, -0.2) is 0 Å². The number of aliphatic hydroxyl groups excluding tert-OH is 1. The maximum Gasteiger partial charge on any atom is 0.300 e. The summed E-state index contributed by atoms with van der Waals surface area (Å²) in [4.78, 5) is 18.4. The SMILES string of the molecule is CC#N.CC(=O)O.CC(C)=O.CC(C)O.ClCCl. The van der Waals surface area contributed by atoms with Gasteiger partial charge in [0.2, 0.25) is 0 Å². The van der Waals surface area contributed by atoms with E-state index in [2.05, 4.69) is 0 Å². The molecule has 0 aliphatic carbocycles. The van der Waals surface area contributed by atoms with Crippen molar-refractivity contribution in [1.82, 2.24) is 0 Å². The number of hydrogen-bond acceptors (Lipinski definition) is 4. The number of rotatable bonds is 0. The van der Waals surface area contributed by atoms with Crippen molar-refractivity contribution in [3.05, 3.63) is 0 Å². The van der Waals surface area contributed by atoms with Crippen LogP contribution in [-0.4, -0.2) is 33.4 Å². The van der Waals surface area contributed by atoms with Gasteiger partial charge in [-0.05, 0) is 27.7 Å². The van der Waals surface area contributed by atoms with Crippen LogP contribution in [0.25, 0.3) is 0 Å². The maximum absolute atomic E-state index is 9.44. The molecule has 0 heterocycles. The summed E-state index contributed by atoms with van der Waals surface area (Å²) in [6.07, 6.45) is -0.167. The maximum atomic E-state index is 9.44. The zero-order valence-corrected chi connectivity index (χ0v) is 13.2. The molecule has 0 fully saturated rings. The molecule has 0 atom stereocenters. The lowest BCUT2D eigenvalue weighted by atomic mass is 10.5. The summed E-state index contributed by atoms with van der Waals surface area (Å²) in [5.74, 6) is -0.667. The number of carbonyl (C=O) groups is 2. The Bertz CT molecular complexity index is 181. The second kappa shape index (κ2) is 36.0. The molecule has 0 aromatic heterocycles. The molecule has 18 heavy (non-hydrogen) atoms. The van der Waals surface area contributed by atoms with E-state index in [1.807, 2.05) is 0 Å². The van der Waals surface area contributed by atoms with Crippen molar-refractivity contribution >= 4 is 35.0 Å². The largest absolute Gasteiger partial charge is 0.481 e. The Kier molecular flexibility index (Phi) is 60.6. The average Bonchev–Trinajstić information content (AvgIpc) is 2.00. The van der Waals surface area contributed by atoms with Crippen LogP contribution in [0.1, 0.15) is 41.5 Å². The lowest BCUT2D eigenvalue weighted by molar-refractivity contribution is -0.134. The minimum Gasteiger partial charge on any atom is -0.481 e. The summed E-state index contributed by atoms with van der Waals surface area (Å²) in [7, 11) is 0. The molecule has 0 saturated heterocycles. The molecule has 2 N–H and O–H groups in total. The zero-order chi connectivity index (χ0) is 16.1. The van der Waals surface area contributed by atoms with E-state index in [0.29, 0.717) is 0 Å². The lowest BCUT2D eigenvalue weighted by Gasteiger charge is -1.80. The van der Waals surface area contributed by atoms with Gasteiger partial charge in [-0.2, -0.15) is 5.26 Å². The Labute approximate surface area is 119 Å². The molecule has 0 bridgehead atoms. The Morgan fingerprint density at radius 3 is 1.22 bits per heavy atom. The summed E-state index contributed by atoms with van der Waals surface area (Å²) in [6, 6.07) is 1.75. The molecule has 0 rings (SSSR count). The molecule has 110 valence electrons. The number of hydrogen-bond donors (Lipinski definition) is 2. The van der Waals surface area contributed by atoms with E-state index in [9.17, 15) is 4.79 Å². The van der Waals surface area contributed by atoms with Crippen LogP contribution in [0, 0.1) is 11.3 Å². The van der Waals surface area contributed by atoms with Gasteiger partial charge in [-0.15, -0.1) is 23.2 Å². The molecule has 0 saturated carbocycles. The fourth-order valence-corrected chi connectivity index (χ4v) is 0. The quantitative estimate of drug-likeness (QED) is 0.670. The first-order chi connectivity index (χ1) is 8.02. The van der Waals surface area contributed by atoms with Crippen LogP contribution in [0.15, 0.2) is 0 Å². The summed E-state index contributed by atoms with van der Waals surface area (Å²) >= 11 is 9.53. The highest BCUT2D eigenvalue weighted by Crippen LogP contribution is 1.73. The average molecular weight is 304 g/mol. The van der Waals surface area contributed by atoms with Crippen molar-refractivity contribution in [2.45, 2.75) is 47.6 Å². The van der Waals surface area contributed by atoms with Crippen LogP contribution in [0.4, 0.5) is 0 Å². The smallest absolute Gasteiger partial charge is 0.300 e. The molecule has 0 aromatic carbocycles. The standard InChI is InChI=1S/C3H8O.C3H6O.C2H3N.C2H4O2.CH2Cl2/c2*1-3(2)4;1-2-3;1-2(3)4;2-1-3/h3-4H,1-2H3;1-2H3;1H3;1H3,(H,3,4);1H2. The third kappa shape index (κ3) is 4420. The van der Waals surface area contributed by atoms with E-state index in [-0.39, 0.29) is 17.2 Å². The number of nitriles is 1. The van der Waals surface area contributed by atoms with Gasteiger partial charge in [-0.1, -0.05) is 0 Å². The van der Waals surface area contributed by atoms with Crippen molar-refractivity contribution in [1.29, 1.82) is 5.26 Å². The van der Waals surface area contributed by atoms with E-state index in [1.165, 1.54) is 20.8 Å². The Morgan fingerprint density at radius 2 is 1.22 bits per heavy atom. The molecule has 0 unspecified atom stereocenters. The number of aliphatic hydroxyl groups is 1. The first-order valence-electron chi connectivity index (χ1n) is 4.80. The molecule has 0 aromatic rings. The van der Waals surface area contributed by atoms with Gasteiger partial charge in [-0.3, -0.25) is 4.79 Å². The zero-order valence-electron chi connectivity index (χ0n) is 11.7. The van der Waals surface area contributed by atoms with Crippen LogP contribution >= 0.6 is 23.2 Å². The first kappa shape index (κ1) is 30.3. The summed E-state index contributed by atoms with van der Waals surface area (Å²) in [5.41, 5.74) is 0. The Balaban J connectivity index is -0.0000000394. The van der Waals surface area contributed by atoms with Gasteiger partial charge in [0, 0.05) is 20.0 Å². The topological polar surface area (TPSA) is 98.4 Å². The highest BCUT2D eigenvalue weighted by Gasteiger charge is 1.69. The molecule has 0 amide bonds. The molecule has 0 aliphatic rings. The van der Waals surface area contributed by atoms with E-state index in [4.69, 9.17) is 43.5 Å². The van der Waals surface area contributed by atoms with Crippen LogP contribution in [0.2, 0.25) is 0 Å². The number of carboxylic acids is 1. The van der Waals surface area contributed by atoms with Crippen LogP contribution < -0.4 is 0 Å². The van der Waals surface area contributed by atoms with Crippen molar-refractivity contribution in [3.8, 4) is 6.07 Å². The summed E-state index contributed by atoms with van der Waals surface area (Å²) < 4.78 is 0. The Hall–Kier alpha value is -0.830. The summed E-state index contributed by atoms with van der Waals surface area (Å²) in [6.45, 7) is 9.01. The third-order valence-corrected chi connectivity index (χ3v) is 0. The fraction of sp³-hybridized carbons (Fsp3) is 0.727. The van der Waals surface area contributed by atoms with Gasteiger partial charge < -0.3 is 15.0 Å². The van der Waals surface area contributed by atoms with Gasteiger partial charge >= 0.3 is 0 Å². The van der Waals surface area contributed by atoms with E-state index in [0.717, 1.165) is 6.92 Å². The van der Waals surface area contributed by atoms with Crippen molar-refractivity contribution in [3.63, 3.8) is 0 Å². The van der Waals surface area contributed by atoms with E-state index in [1.54, 1.807) is 19.9 Å². The van der Waals surface area contributed by atoms with Gasteiger partial charge in [0.1, 0.15) is 5.78 Å².